The molecular weight excluding hydrogens is 257 g/mol. The lowest BCUT2D eigenvalue weighted by atomic mass is 10.1. The summed E-state index contributed by atoms with van der Waals surface area (Å²) in [6, 6.07) is 5.19. The van der Waals surface area contributed by atoms with Gasteiger partial charge in [0.1, 0.15) is 0 Å². The average Bonchev–Trinajstić information content (AvgIpc) is 2.35. The Kier molecular flexibility index (Phi) is 5.19. The molecular formula is C13H15F3N2O. The predicted octanol–water partition coefficient (Wildman–Crippen LogP) is 3.27. The van der Waals surface area contributed by atoms with Crippen molar-refractivity contribution in [2.24, 2.45) is 5.92 Å². The van der Waals surface area contributed by atoms with Crippen LogP contribution in [0.3, 0.4) is 0 Å². The monoisotopic (exact) mass is 272 g/mol. The van der Waals surface area contributed by atoms with Gasteiger partial charge in [0, 0.05) is 19.3 Å². The van der Waals surface area contributed by atoms with E-state index in [-0.39, 0.29) is 17.2 Å². The third-order valence-corrected chi connectivity index (χ3v) is 2.55. The Morgan fingerprint density at radius 2 is 2.11 bits per heavy atom. The van der Waals surface area contributed by atoms with Crippen molar-refractivity contribution < 1.29 is 17.9 Å². The normalized spacial score (nSPS) is 12.8. The largest absolute Gasteiger partial charge is 0.418 e. The lowest BCUT2D eigenvalue weighted by Gasteiger charge is -2.17. The van der Waals surface area contributed by atoms with Crippen molar-refractivity contribution in [3.63, 3.8) is 0 Å². The van der Waals surface area contributed by atoms with Gasteiger partial charge in [0.2, 0.25) is 0 Å². The minimum Gasteiger partial charge on any atom is -0.384 e. The molecule has 0 aliphatic rings. The number of halogens is 3. The van der Waals surface area contributed by atoms with Gasteiger partial charge in [-0.15, -0.1) is 0 Å². The zero-order valence-corrected chi connectivity index (χ0v) is 10.7. The van der Waals surface area contributed by atoms with Crippen LogP contribution in [0, 0.1) is 17.2 Å². The molecule has 0 bridgehead atoms. The first kappa shape index (κ1) is 15.3. The van der Waals surface area contributed by atoms with Crippen molar-refractivity contribution in [2.75, 3.05) is 25.6 Å². The lowest BCUT2D eigenvalue weighted by molar-refractivity contribution is -0.137. The summed E-state index contributed by atoms with van der Waals surface area (Å²) < 4.78 is 43.5. The van der Waals surface area contributed by atoms with E-state index in [0.29, 0.717) is 13.2 Å². The molecule has 3 nitrogen and oxygen atoms in total. The molecule has 0 saturated heterocycles. The number of rotatable bonds is 5. The maximum absolute atomic E-state index is 12.9. The molecule has 1 atom stereocenters. The van der Waals surface area contributed by atoms with Crippen LogP contribution in [-0.2, 0) is 10.9 Å². The molecule has 0 aliphatic carbocycles. The Balaban J connectivity index is 2.91. The first-order valence-electron chi connectivity index (χ1n) is 5.72. The van der Waals surface area contributed by atoms with Crippen molar-refractivity contribution in [1.82, 2.24) is 0 Å². The maximum Gasteiger partial charge on any atom is 0.418 e. The molecule has 0 aliphatic heterocycles. The van der Waals surface area contributed by atoms with Gasteiger partial charge in [-0.2, -0.15) is 18.4 Å². The van der Waals surface area contributed by atoms with Gasteiger partial charge in [0.05, 0.1) is 23.8 Å². The van der Waals surface area contributed by atoms with Crippen molar-refractivity contribution in [3.05, 3.63) is 29.3 Å². The number of benzene rings is 1. The molecule has 1 aromatic carbocycles. The fourth-order valence-electron chi connectivity index (χ4n) is 1.63. The van der Waals surface area contributed by atoms with Crippen LogP contribution in [0.5, 0.6) is 0 Å². The zero-order valence-electron chi connectivity index (χ0n) is 10.7. The fraction of sp³-hybridized carbons (Fsp3) is 0.462. The zero-order chi connectivity index (χ0) is 14.5. The molecule has 0 saturated carbocycles. The summed E-state index contributed by atoms with van der Waals surface area (Å²) in [4.78, 5) is 0. The van der Waals surface area contributed by atoms with Crippen molar-refractivity contribution in [2.45, 2.75) is 13.1 Å². The van der Waals surface area contributed by atoms with Gasteiger partial charge in [0.15, 0.2) is 0 Å². The van der Waals surface area contributed by atoms with Gasteiger partial charge in [-0.05, 0) is 24.1 Å². The van der Waals surface area contributed by atoms with Crippen LogP contribution in [0.25, 0.3) is 0 Å². The van der Waals surface area contributed by atoms with Crippen molar-refractivity contribution in [1.29, 1.82) is 5.26 Å². The Bertz CT molecular complexity index is 466. The smallest absolute Gasteiger partial charge is 0.384 e. The van der Waals surface area contributed by atoms with Crippen molar-refractivity contribution >= 4 is 5.69 Å². The number of hydrogen-bond acceptors (Lipinski definition) is 3. The van der Waals surface area contributed by atoms with Crippen LogP contribution >= 0.6 is 0 Å². The van der Waals surface area contributed by atoms with Crippen LogP contribution in [0.2, 0.25) is 0 Å². The third kappa shape index (κ3) is 4.45. The highest BCUT2D eigenvalue weighted by atomic mass is 19.4. The SMILES string of the molecule is COCC(C)CNc1ccc(C#N)cc1C(F)(F)F. The number of nitrogens with one attached hydrogen (secondary N) is 1. The van der Waals surface area contributed by atoms with E-state index in [1.54, 1.807) is 13.2 Å². The Morgan fingerprint density at radius 1 is 1.42 bits per heavy atom. The first-order chi connectivity index (χ1) is 8.88. The van der Waals surface area contributed by atoms with E-state index in [4.69, 9.17) is 10.00 Å². The van der Waals surface area contributed by atoms with E-state index in [9.17, 15) is 13.2 Å². The molecule has 104 valence electrons. The summed E-state index contributed by atoms with van der Waals surface area (Å²) >= 11 is 0. The third-order valence-electron chi connectivity index (χ3n) is 2.55. The predicted molar refractivity (Wildman–Crippen MR) is 65.7 cm³/mol. The Labute approximate surface area is 110 Å². The molecule has 0 spiro atoms. The molecule has 1 N–H and O–H groups in total. The van der Waals surface area contributed by atoms with Crippen LogP contribution in [0.4, 0.5) is 18.9 Å². The van der Waals surface area contributed by atoms with E-state index in [2.05, 4.69) is 5.32 Å². The highest BCUT2D eigenvalue weighted by molar-refractivity contribution is 5.56. The Morgan fingerprint density at radius 3 is 2.63 bits per heavy atom. The Hall–Kier alpha value is -1.74. The average molecular weight is 272 g/mol. The minimum atomic E-state index is -4.49. The van der Waals surface area contributed by atoms with Crippen LogP contribution in [0.1, 0.15) is 18.1 Å². The molecule has 0 fully saturated rings. The summed E-state index contributed by atoms with van der Waals surface area (Å²) in [5.41, 5.74) is -0.853. The van der Waals surface area contributed by atoms with Gasteiger partial charge in [0.25, 0.3) is 0 Å². The number of alkyl halides is 3. The number of methoxy groups -OCH3 is 1. The second kappa shape index (κ2) is 6.43. The van der Waals surface area contributed by atoms with E-state index in [1.807, 2.05) is 6.92 Å². The van der Waals surface area contributed by atoms with E-state index in [0.717, 1.165) is 6.07 Å². The molecule has 1 aromatic rings. The first-order valence-corrected chi connectivity index (χ1v) is 5.72. The lowest BCUT2D eigenvalue weighted by Crippen LogP contribution is -2.18. The van der Waals surface area contributed by atoms with Gasteiger partial charge >= 0.3 is 6.18 Å². The minimum absolute atomic E-state index is 0.0113. The topological polar surface area (TPSA) is 45.0 Å². The van der Waals surface area contributed by atoms with Gasteiger partial charge < -0.3 is 10.1 Å². The summed E-state index contributed by atoms with van der Waals surface area (Å²) in [5.74, 6) is 0.0849. The fourth-order valence-corrected chi connectivity index (χ4v) is 1.63. The number of ether oxygens (including phenoxy) is 1. The molecule has 19 heavy (non-hydrogen) atoms. The molecule has 0 heterocycles. The molecule has 0 amide bonds. The molecule has 6 heteroatoms. The van der Waals surface area contributed by atoms with Crippen molar-refractivity contribution in [3.8, 4) is 6.07 Å². The van der Waals surface area contributed by atoms with Gasteiger partial charge in [-0.25, -0.2) is 0 Å². The molecule has 0 aromatic heterocycles. The van der Waals surface area contributed by atoms with E-state index >= 15 is 0 Å². The standard InChI is InChI=1S/C13H15F3N2O/c1-9(8-19-2)7-18-12-4-3-10(6-17)5-11(12)13(14,15)16/h3-5,9,18H,7-8H2,1-2H3. The van der Waals surface area contributed by atoms with Gasteiger partial charge in [-0.1, -0.05) is 6.92 Å². The van der Waals surface area contributed by atoms with E-state index < -0.39 is 11.7 Å². The highest BCUT2D eigenvalue weighted by Gasteiger charge is 2.33. The molecule has 1 unspecified atom stereocenters. The maximum atomic E-state index is 12.9. The summed E-state index contributed by atoms with van der Waals surface area (Å²) in [5, 5.41) is 11.4. The number of hydrogen-bond donors (Lipinski definition) is 1. The summed E-state index contributed by atoms with van der Waals surface area (Å²) in [6.07, 6.45) is -4.49. The molecule has 1 rings (SSSR count). The second-order valence-electron chi connectivity index (χ2n) is 4.31. The number of nitrogens with zero attached hydrogens (tertiary/aromatic N) is 1. The van der Waals surface area contributed by atoms with Crippen LogP contribution in [0.15, 0.2) is 18.2 Å². The quantitative estimate of drug-likeness (QED) is 0.894. The summed E-state index contributed by atoms with van der Waals surface area (Å²) in [7, 11) is 1.54. The second-order valence-corrected chi connectivity index (χ2v) is 4.31. The number of nitriles is 1. The van der Waals surface area contributed by atoms with Crippen LogP contribution in [-0.4, -0.2) is 20.3 Å². The number of anilines is 1. The van der Waals surface area contributed by atoms with E-state index in [1.165, 1.54) is 12.1 Å². The van der Waals surface area contributed by atoms with Crippen LogP contribution < -0.4 is 5.32 Å². The molecule has 0 radical (unpaired) electrons. The summed E-state index contributed by atoms with van der Waals surface area (Å²) in [6.45, 7) is 2.70. The highest BCUT2D eigenvalue weighted by Crippen LogP contribution is 2.35. The van der Waals surface area contributed by atoms with Gasteiger partial charge in [-0.3, -0.25) is 0 Å².